The number of H-pyrrole nitrogens is 1. The zero-order chi connectivity index (χ0) is 15.4. The van der Waals surface area contributed by atoms with Crippen LogP contribution in [0.3, 0.4) is 0 Å². The van der Waals surface area contributed by atoms with E-state index in [2.05, 4.69) is 20.5 Å². The van der Waals surface area contributed by atoms with Crippen molar-refractivity contribution in [3.8, 4) is 11.4 Å². The van der Waals surface area contributed by atoms with Crippen molar-refractivity contribution in [1.82, 2.24) is 20.5 Å². The molecular weight excluding hydrogens is 268 g/mol. The quantitative estimate of drug-likeness (QED) is 0.896. The predicted molar refractivity (Wildman–Crippen MR) is 79.7 cm³/mol. The molecule has 0 saturated carbocycles. The van der Waals surface area contributed by atoms with Crippen LogP contribution in [0.25, 0.3) is 11.4 Å². The molecule has 1 atom stereocenters. The Labute approximate surface area is 122 Å². The number of benzene rings is 1. The predicted octanol–water partition coefficient (Wildman–Crippen LogP) is 1.73. The second-order valence-corrected chi connectivity index (χ2v) is 4.92. The number of carbonyl (C=O) groups excluding carboxylic acids is 1. The fourth-order valence-electron chi connectivity index (χ4n) is 2.02. The van der Waals surface area contributed by atoms with Crippen LogP contribution in [0.2, 0.25) is 0 Å². The van der Waals surface area contributed by atoms with Gasteiger partial charge in [-0.25, -0.2) is 0 Å². The summed E-state index contributed by atoms with van der Waals surface area (Å²) in [6.45, 7) is 5.27. The van der Waals surface area contributed by atoms with Crippen LogP contribution in [-0.4, -0.2) is 21.1 Å². The highest BCUT2D eigenvalue weighted by atomic mass is 16.1. The Hall–Kier alpha value is -2.50. The topological polar surface area (TPSA) is 87.7 Å². The molecular formula is C15H18N4O2. The standard InChI is InChI=1S/C15H18N4O2/c1-4-12(16-10(3)20)13-15(21)17-14(19-18-13)11-7-5-9(2)6-8-11/h5-8,12H,4H2,1-3H3,(H,16,20)(H,17,19,21). The number of nitrogens with one attached hydrogen (secondary N) is 2. The maximum absolute atomic E-state index is 12.2. The van der Waals surface area contributed by atoms with Gasteiger partial charge in [0.15, 0.2) is 11.5 Å². The Bertz CT molecular complexity index is 692. The van der Waals surface area contributed by atoms with E-state index >= 15 is 0 Å². The molecule has 6 heteroatoms. The lowest BCUT2D eigenvalue weighted by Gasteiger charge is -2.13. The highest BCUT2D eigenvalue weighted by Crippen LogP contribution is 2.15. The Morgan fingerprint density at radius 1 is 1.29 bits per heavy atom. The normalized spacial score (nSPS) is 12.0. The van der Waals surface area contributed by atoms with Crippen LogP contribution in [0.15, 0.2) is 29.1 Å². The van der Waals surface area contributed by atoms with Crippen molar-refractivity contribution in [2.45, 2.75) is 33.2 Å². The van der Waals surface area contributed by atoms with Crippen molar-refractivity contribution in [3.05, 3.63) is 45.9 Å². The molecule has 1 heterocycles. The van der Waals surface area contributed by atoms with Gasteiger partial charge in [-0.1, -0.05) is 36.8 Å². The molecule has 0 fully saturated rings. The van der Waals surface area contributed by atoms with E-state index in [0.29, 0.717) is 12.2 Å². The average molecular weight is 286 g/mol. The first-order chi connectivity index (χ1) is 10.0. The van der Waals surface area contributed by atoms with Gasteiger partial charge in [-0.3, -0.25) is 9.59 Å². The minimum absolute atomic E-state index is 0.203. The fraction of sp³-hybridized carbons (Fsp3) is 0.333. The molecule has 0 saturated heterocycles. The monoisotopic (exact) mass is 286 g/mol. The molecule has 1 aromatic carbocycles. The highest BCUT2D eigenvalue weighted by molar-refractivity contribution is 5.73. The van der Waals surface area contributed by atoms with E-state index in [1.54, 1.807) is 0 Å². The third kappa shape index (κ3) is 3.53. The van der Waals surface area contributed by atoms with E-state index in [1.807, 2.05) is 38.1 Å². The molecule has 21 heavy (non-hydrogen) atoms. The van der Waals surface area contributed by atoms with E-state index in [4.69, 9.17) is 0 Å². The molecule has 110 valence electrons. The third-order valence-electron chi connectivity index (χ3n) is 3.16. The Kier molecular flexibility index (Phi) is 4.47. The van der Waals surface area contributed by atoms with Gasteiger partial charge in [-0.15, -0.1) is 10.2 Å². The summed E-state index contributed by atoms with van der Waals surface area (Å²) in [6, 6.07) is 7.20. The highest BCUT2D eigenvalue weighted by Gasteiger charge is 2.17. The molecule has 0 radical (unpaired) electrons. The maximum Gasteiger partial charge on any atom is 0.275 e. The van der Waals surface area contributed by atoms with Crippen molar-refractivity contribution < 1.29 is 4.79 Å². The molecule has 0 spiro atoms. The smallest absolute Gasteiger partial charge is 0.275 e. The van der Waals surface area contributed by atoms with Crippen LogP contribution in [0.4, 0.5) is 0 Å². The summed E-state index contributed by atoms with van der Waals surface area (Å²) in [5, 5.41) is 10.7. The molecule has 0 aliphatic rings. The SMILES string of the molecule is CCC(NC(C)=O)c1nnc(-c2ccc(C)cc2)[nH]c1=O. The number of aromatic amines is 1. The molecule has 0 aliphatic heterocycles. The molecule has 0 aliphatic carbocycles. The van der Waals surface area contributed by atoms with Gasteiger partial charge in [0.25, 0.3) is 5.56 Å². The van der Waals surface area contributed by atoms with E-state index in [9.17, 15) is 9.59 Å². The second-order valence-electron chi connectivity index (χ2n) is 4.92. The zero-order valence-electron chi connectivity index (χ0n) is 12.3. The number of amides is 1. The van der Waals surface area contributed by atoms with Crippen LogP contribution >= 0.6 is 0 Å². The van der Waals surface area contributed by atoms with Gasteiger partial charge < -0.3 is 10.3 Å². The first-order valence-electron chi connectivity index (χ1n) is 6.82. The summed E-state index contributed by atoms with van der Waals surface area (Å²) in [5.74, 6) is 0.215. The summed E-state index contributed by atoms with van der Waals surface area (Å²) in [5.41, 5.74) is 1.82. The molecule has 6 nitrogen and oxygen atoms in total. The van der Waals surface area contributed by atoms with Crippen LogP contribution in [0.1, 0.15) is 37.6 Å². The zero-order valence-corrected chi connectivity index (χ0v) is 12.3. The van der Waals surface area contributed by atoms with Crippen molar-refractivity contribution >= 4 is 5.91 Å². The second kappa shape index (κ2) is 6.30. The van der Waals surface area contributed by atoms with E-state index < -0.39 is 6.04 Å². The fourth-order valence-corrected chi connectivity index (χ4v) is 2.02. The van der Waals surface area contributed by atoms with Gasteiger partial charge >= 0.3 is 0 Å². The number of hydrogen-bond acceptors (Lipinski definition) is 4. The van der Waals surface area contributed by atoms with Gasteiger partial charge in [0.2, 0.25) is 5.91 Å². The number of rotatable bonds is 4. The molecule has 1 amide bonds. The van der Waals surface area contributed by atoms with Crippen LogP contribution in [0.5, 0.6) is 0 Å². The van der Waals surface area contributed by atoms with Gasteiger partial charge in [0.05, 0.1) is 6.04 Å². The number of aryl methyl sites for hydroxylation is 1. The summed E-state index contributed by atoms with van der Waals surface area (Å²) in [6.07, 6.45) is 0.571. The summed E-state index contributed by atoms with van der Waals surface area (Å²) in [7, 11) is 0. The van der Waals surface area contributed by atoms with Gasteiger partial charge in [0.1, 0.15) is 0 Å². The number of aromatic nitrogens is 3. The van der Waals surface area contributed by atoms with Crippen LogP contribution in [0, 0.1) is 6.92 Å². The van der Waals surface area contributed by atoms with Crippen molar-refractivity contribution in [1.29, 1.82) is 0 Å². The van der Waals surface area contributed by atoms with Gasteiger partial charge in [-0.2, -0.15) is 0 Å². The van der Waals surface area contributed by atoms with E-state index in [1.165, 1.54) is 6.92 Å². The van der Waals surface area contributed by atoms with Crippen LogP contribution in [-0.2, 0) is 4.79 Å². The molecule has 2 N–H and O–H groups in total. The summed E-state index contributed by atoms with van der Waals surface area (Å²) < 4.78 is 0. The molecule has 2 aromatic rings. The first-order valence-corrected chi connectivity index (χ1v) is 6.82. The largest absolute Gasteiger partial charge is 0.348 e. The lowest BCUT2D eigenvalue weighted by molar-refractivity contribution is -0.119. The number of carbonyl (C=O) groups is 1. The van der Waals surface area contributed by atoms with Crippen molar-refractivity contribution in [2.75, 3.05) is 0 Å². The third-order valence-corrected chi connectivity index (χ3v) is 3.16. The summed E-state index contributed by atoms with van der Waals surface area (Å²) >= 11 is 0. The Morgan fingerprint density at radius 2 is 1.95 bits per heavy atom. The lowest BCUT2D eigenvalue weighted by atomic mass is 10.1. The van der Waals surface area contributed by atoms with E-state index in [-0.39, 0.29) is 17.2 Å². The van der Waals surface area contributed by atoms with Crippen LogP contribution < -0.4 is 10.9 Å². The Balaban J connectivity index is 2.34. The van der Waals surface area contributed by atoms with E-state index in [0.717, 1.165) is 11.1 Å². The first kappa shape index (κ1) is 14.9. The molecule has 2 rings (SSSR count). The average Bonchev–Trinajstić information content (AvgIpc) is 2.45. The van der Waals surface area contributed by atoms with Crippen molar-refractivity contribution in [3.63, 3.8) is 0 Å². The summed E-state index contributed by atoms with van der Waals surface area (Å²) in [4.78, 5) is 26.0. The minimum atomic E-state index is -0.425. The van der Waals surface area contributed by atoms with Crippen molar-refractivity contribution in [2.24, 2.45) is 0 Å². The number of hydrogen-bond donors (Lipinski definition) is 2. The van der Waals surface area contributed by atoms with Gasteiger partial charge in [0, 0.05) is 12.5 Å². The molecule has 0 bridgehead atoms. The minimum Gasteiger partial charge on any atom is -0.348 e. The number of nitrogens with zero attached hydrogens (tertiary/aromatic N) is 2. The Morgan fingerprint density at radius 3 is 2.48 bits per heavy atom. The lowest BCUT2D eigenvalue weighted by Crippen LogP contribution is -2.32. The molecule has 1 aromatic heterocycles. The maximum atomic E-state index is 12.2. The van der Waals surface area contributed by atoms with Gasteiger partial charge in [-0.05, 0) is 13.3 Å². The molecule has 1 unspecified atom stereocenters.